The van der Waals surface area contributed by atoms with Crippen molar-refractivity contribution < 1.29 is 4.74 Å². The van der Waals surface area contributed by atoms with Gasteiger partial charge in [-0.1, -0.05) is 12.1 Å². The molecule has 0 saturated heterocycles. The van der Waals surface area contributed by atoms with Crippen molar-refractivity contribution in [1.82, 2.24) is 14.4 Å². The number of aromatic nitrogens is 3. The summed E-state index contributed by atoms with van der Waals surface area (Å²) >= 11 is 0. The summed E-state index contributed by atoms with van der Waals surface area (Å²) in [6.07, 6.45) is 4.45. The number of fused-ring (bicyclic) bond motifs is 1. The van der Waals surface area contributed by atoms with Gasteiger partial charge in [0.15, 0.2) is 0 Å². The molecule has 0 spiro atoms. The quantitative estimate of drug-likeness (QED) is 0.785. The number of ether oxygens (including phenoxy) is 1. The molecule has 20 heavy (non-hydrogen) atoms. The van der Waals surface area contributed by atoms with Gasteiger partial charge in [-0.3, -0.25) is 4.40 Å². The molecule has 2 aromatic heterocycles. The average Bonchev–Trinajstić information content (AvgIpc) is 2.87. The highest BCUT2D eigenvalue weighted by Crippen LogP contribution is 2.27. The van der Waals surface area contributed by atoms with Crippen LogP contribution in [0.25, 0.3) is 17.0 Å². The zero-order valence-electron chi connectivity index (χ0n) is 11.3. The molecule has 2 heterocycles. The number of nitrogens with two attached hydrogens (primary N) is 1. The summed E-state index contributed by atoms with van der Waals surface area (Å²) in [5, 5.41) is 0. The molecule has 0 radical (unpaired) electrons. The fraction of sp³-hybridized carbons (Fsp3) is 0.200. The number of rotatable bonds is 4. The molecule has 102 valence electrons. The Morgan fingerprint density at radius 2 is 2.20 bits per heavy atom. The zero-order chi connectivity index (χ0) is 13.9. The molecule has 0 atom stereocenters. The smallest absolute Gasteiger partial charge is 0.234 e. The molecule has 5 heteroatoms. The van der Waals surface area contributed by atoms with E-state index in [2.05, 4.69) is 9.97 Å². The van der Waals surface area contributed by atoms with Gasteiger partial charge in [0, 0.05) is 24.4 Å². The van der Waals surface area contributed by atoms with Gasteiger partial charge in [-0.15, -0.1) is 0 Å². The average molecular weight is 268 g/mol. The van der Waals surface area contributed by atoms with Gasteiger partial charge in [0.2, 0.25) is 5.78 Å². The van der Waals surface area contributed by atoms with Crippen LogP contribution in [0.4, 0.5) is 0 Å². The van der Waals surface area contributed by atoms with E-state index in [0.717, 1.165) is 29.1 Å². The molecule has 0 aliphatic carbocycles. The van der Waals surface area contributed by atoms with Crippen LogP contribution in [0.5, 0.6) is 5.75 Å². The molecule has 1 aromatic carbocycles. The maximum Gasteiger partial charge on any atom is 0.234 e. The zero-order valence-corrected chi connectivity index (χ0v) is 11.3. The summed E-state index contributed by atoms with van der Waals surface area (Å²) < 4.78 is 7.26. The Morgan fingerprint density at radius 1 is 1.30 bits per heavy atom. The lowest BCUT2D eigenvalue weighted by atomic mass is 10.1. The van der Waals surface area contributed by atoms with Crippen LogP contribution >= 0.6 is 0 Å². The Kier molecular flexibility index (Phi) is 3.35. The Hall–Kier alpha value is -2.40. The molecule has 0 unspecified atom stereocenters. The van der Waals surface area contributed by atoms with Gasteiger partial charge in [0.1, 0.15) is 5.75 Å². The maximum absolute atomic E-state index is 5.73. The van der Waals surface area contributed by atoms with E-state index in [0.29, 0.717) is 12.3 Å². The summed E-state index contributed by atoms with van der Waals surface area (Å²) in [6.45, 7) is 0.569. The molecule has 5 nitrogen and oxygen atoms in total. The highest BCUT2D eigenvalue weighted by molar-refractivity contribution is 5.67. The van der Waals surface area contributed by atoms with E-state index in [1.54, 1.807) is 13.3 Å². The Labute approximate surface area is 117 Å². The molecular formula is C15H16N4O. The second-order valence-electron chi connectivity index (χ2n) is 4.47. The van der Waals surface area contributed by atoms with Gasteiger partial charge in [-0.25, -0.2) is 9.97 Å². The summed E-state index contributed by atoms with van der Waals surface area (Å²) in [4.78, 5) is 8.91. The SMILES string of the molecule is COc1cccc(-c2nc3ncccn3c2CCN)c1. The minimum Gasteiger partial charge on any atom is -0.497 e. The van der Waals surface area contributed by atoms with Gasteiger partial charge >= 0.3 is 0 Å². The number of benzene rings is 1. The van der Waals surface area contributed by atoms with Crippen LogP contribution in [0.3, 0.4) is 0 Å². The van der Waals surface area contributed by atoms with Crippen molar-refractivity contribution in [1.29, 1.82) is 0 Å². The molecule has 0 fully saturated rings. The van der Waals surface area contributed by atoms with Crippen LogP contribution < -0.4 is 10.5 Å². The number of nitrogens with zero attached hydrogens (tertiary/aromatic N) is 3. The first-order valence-electron chi connectivity index (χ1n) is 6.50. The molecule has 3 rings (SSSR count). The summed E-state index contributed by atoms with van der Waals surface area (Å²) in [7, 11) is 1.66. The van der Waals surface area contributed by atoms with Crippen LogP contribution in [0.1, 0.15) is 5.69 Å². The Bertz CT molecular complexity index is 736. The van der Waals surface area contributed by atoms with Crippen molar-refractivity contribution in [2.75, 3.05) is 13.7 Å². The fourth-order valence-electron chi connectivity index (χ4n) is 2.31. The van der Waals surface area contributed by atoms with E-state index in [4.69, 9.17) is 10.5 Å². The van der Waals surface area contributed by atoms with Crippen molar-refractivity contribution in [3.05, 3.63) is 48.4 Å². The predicted molar refractivity (Wildman–Crippen MR) is 77.7 cm³/mol. The lowest BCUT2D eigenvalue weighted by molar-refractivity contribution is 0.415. The van der Waals surface area contributed by atoms with Crippen molar-refractivity contribution in [2.24, 2.45) is 5.73 Å². The molecule has 0 aliphatic heterocycles. The third kappa shape index (κ3) is 2.12. The van der Waals surface area contributed by atoms with Crippen molar-refractivity contribution in [3.63, 3.8) is 0 Å². The third-order valence-electron chi connectivity index (χ3n) is 3.23. The van der Waals surface area contributed by atoms with E-state index in [1.807, 2.05) is 40.9 Å². The maximum atomic E-state index is 5.73. The molecular weight excluding hydrogens is 252 g/mol. The van der Waals surface area contributed by atoms with Crippen molar-refractivity contribution in [2.45, 2.75) is 6.42 Å². The molecule has 0 saturated carbocycles. The lowest BCUT2D eigenvalue weighted by Gasteiger charge is -2.05. The fourth-order valence-corrected chi connectivity index (χ4v) is 2.31. The van der Waals surface area contributed by atoms with Gasteiger partial charge in [-0.2, -0.15) is 0 Å². The Balaban J connectivity index is 2.21. The second-order valence-corrected chi connectivity index (χ2v) is 4.47. The van der Waals surface area contributed by atoms with Gasteiger partial charge in [-0.05, 0) is 24.7 Å². The minimum atomic E-state index is 0.569. The van der Waals surface area contributed by atoms with E-state index >= 15 is 0 Å². The first kappa shape index (κ1) is 12.6. The van der Waals surface area contributed by atoms with E-state index in [-0.39, 0.29) is 0 Å². The number of hydrogen-bond donors (Lipinski definition) is 1. The van der Waals surface area contributed by atoms with Crippen LogP contribution in [-0.2, 0) is 6.42 Å². The number of methoxy groups -OCH3 is 1. The van der Waals surface area contributed by atoms with Gasteiger partial charge < -0.3 is 10.5 Å². The van der Waals surface area contributed by atoms with Crippen LogP contribution in [-0.4, -0.2) is 28.0 Å². The van der Waals surface area contributed by atoms with E-state index < -0.39 is 0 Å². The second kappa shape index (κ2) is 5.30. The van der Waals surface area contributed by atoms with E-state index in [9.17, 15) is 0 Å². The topological polar surface area (TPSA) is 65.4 Å². The highest BCUT2D eigenvalue weighted by atomic mass is 16.5. The van der Waals surface area contributed by atoms with E-state index in [1.165, 1.54) is 0 Å². The summed E-state index contributed by atoms with van der Waals surface area (Å²) in [6, 6.07) is 9.76. The standard InChI is InChI=1S/C15H16N4O/c1-20-12-5-2-4-11(10-12)14-13(6-7-16)19-9-3-8-17-15(19)18-14/h2-5,8-10H,6-7,16H2,1H3. The third-order valence-corrected chi connectivity index (χ3v) is 3.23. The minimum absolute atomic E-state index is 0.569. The first-order valence-corrected chi connectivity index (χ1v) is 6.50. The number of imidazole rings is 1. The molecule has 0 aliphatic rings. The first-order chi connectivity index (χ1) is 9.83. The largest absolute Gasteiger partial charge is 0.497 e. The van der Waals surface area contributed by atoms with Crippen LogP contribution in [0.15, 0.2) is 42.7 Å². The normalized spacial score (nSPS) is 10.9. The molecule has 3 aromatic rings. The van der Waals surface area contributed by atoms with Crippen LogP contribution in [0, 0.1) is 0 Å². The Morgan fingerprint density at radius 3 is 3.00 bits per heavy atom. The monoisotopic (exact) mass is 268 g/mol. The van der Waals surface area contributed by atoms with Crippen molar-refractivity contribution in [3.8, 4) is 17.0 Å². The predicted octanol–water partition coefficient (Wildman–Crippen LogP) is 1.91. The summed E-state index contributed by atoms with van der Waals surface area (Å²) in [5.41, 5.74) is 8.72. The summed E-state index contributed by atoms with van der Waals surface area (Å²) in [5.74, 6) is 1.50. The van der Waals surface area contributed by atoms with Crippen LogP contribution in [0.2, 0.25) is 0 Å². The molecule has 0 bridgehead atoms. The highest BCUT2D eigenvalue weighted by Gasteiger charge is 2.14. The van der Waals surface area contributed by atoms with Gasteiger partial charge in [0.05, 0.1) is 18.5 Å². The lowest BCUT2D eigenvalue weighted by Crippen LogP contribution is -2.06. The molecule has 0 amide bonds. The van der Waals surface area contributed by atoms with Crippen molar-refractivity contribution >= 4 is 5.78 Å². The number of hydrogen-bond acceptors (Lipinski definition) is 4. The molecule has 2 N–H and O–H groups in total. The van der Waals surface area contributed by atoms with Gasteiger partial charge in [0.25, 0.3) is 0 Å².